The molecule has 2 aromatic heterocycles. The van der Waals surface area contributed by atoms with Gasteiger partial charge in [-0.05, 0) is 24.3 Å². The molecule has 1 fully saturated rings. The normalized spacial score (nSPS) is 23.4. The molecule has 2 N–H and O–H groups in total. The van der Waals surface area contributed by atoms with Crippen molar-refractivity contribution in [2.24, 2.45) is 0 Å². The number of hydrogen-bond donors (Lipinski definition) is 2. The number of nitrogens with zero attached hydrogens (tertiary/aromatic N) is 1. The average molecular weight is 259 g/mol. The Bertz CT molecular complexity index is 475. The Hall–Kier alpha value is -1.65. The Balaban J connectivity index is 1.47. The van der Waals surface area contributed by atoms with Crippen molar-refractivity contribution in [3.05, 3.63) is 54.2 Å². The molecule has 0 atom stereocenters. The molecule has 0 unspecified atom stereocenters. The molecule has 4 nitrogen and oxygen atoms in total. The van der Waals surface area contributed by atoms with E-state index in [0.29, 0.717) is 0 Å². The average Bonchev–Trinajstić information content (AvgIpc) is 2.95. The number of rotatable bonds is 4. The highest BCUT2D eigenvalue weighted by atomic mass is 16.3. The topological polar surface area (TPSA) is 34.9 Å². The summed E-state index contributed by atoms with van der Waals surface area (Å²) in [4.78, 5) is 7.68. The summed E-state index contributed by atoms with van der Waals surface area (Å²) in [5, 5.41) is 0. The van der Waals surface area contributed by atoms with Crippen LogP contribution in [0.15, 0.2) is 47.2 Å². The number of piperazine rings is 1. The number of aromatic nitrogens is 1. The zero-order valence-electron chi connectivity index (χ0n) is 11.1. The molecule has 0 saturated carbocycles. The third-order valence-electron chi connectivity index (χ3n) is 3.83. The lowest BCUT2D eigenvalue weighted by atomic mass is 10.2. The first kappa shape index (κ1) is 12.4. The molecule has 4 heteroatoms. The first-order valence-electron chi connectivity index (χ1n) is 6.99. The van der Waals surface area contributed by atoms with Crippen LogP contribution >= 0.6 is 0 Å². The second-order valence-electron chi connectivity index (χ2n) is 5.25. The molecule has 1 aliphatic heterocycles. The molecule has 0 spiro atoms. The van der Waals surface area contributed by atoms with Crippen LogP contribution in [0.25, 0.3) is 0 Å². The van der Waals surface area contributed by atoms with Crippen LogP contribution in [0, 0.1) is 0 Å². The van der Waals surface area contributed by atoms with Gasteiger partial charge in [0.2, 0.25) is 0 Å². The molecule has 0 aromatic carbocycles. The van der Waals surface area contributed by atoms with E-state index in [1.165, 1.54) is 31.9 Å². The summed E-state index contributed by atoms with van der Waals surface area (Å²) in [7, 11) is 0. The SMILES string of the molecule is c1ccc(C[NH+]2CC[NH+](Cc3ccco3)CC2)nc1. The Labute approximate surface area is 113 Å². The summed E-state index contributed by atoms with van der Waals surface area (Å²) in [6.45, 7) is 6.92. The van der Waals surface area contributed by atoms with Crippen molar-refractivity contribution in [2.45, 2.75) is 13.1 Å². The standard InChI is InChI=1S/C15H19N3O/c1-2-6-16-14(4-1)12-17-7-9-18(10-8-17)13-15-5-3-11-19-15/h1-6,11H,7-10,12-13H2/p+2. The van der Waals surface area contributed by atoms with Gasteiger partial charge in [-0.25, -0.2) is 0 Å². The molecule has 1 aliphatic rings. The van der Waals surface area contributed by atoms with E-state index in [-0.39, 0.29) is 0 Å². The fraction of sp³-hybridized carbons (Fsp3) is 0.400. The van der Waals surface area contributed by atoms with Crippen LogP contribution in [0.5, 0.6) is 0 Å². The molecule has 0 amide bonds. The number of quaternary nitrogens is 2. The van der Waals surface area contributed by atoms with E-state index >= 15 is 0 Å². The second kappa shape index (κ2) is 5.99. The molecule has 0 radical (unpaired) electrons. The van der Waals surface area contributed by atoms with Crippen LogP contribution in [-0.4, -0.2) is 31.2 Å². The summed E-state index contributed by atoms with van der Waals surface area (Å²) in [6, 6.07) is 10.2. The van der Waals surface area contributed by atoms with Gasteiger partial charge in [0.1, 0.15) is 39.3 Å². The monoisotopic (exact) mass is 259 g/mol. The van der Waals surface area contributed by atoms with Gasteiger partial charge < -0.3 is 14.2 Å². The fourth-order valence-corrected chi connectivity index (χ4v) is 2.73. The van der Waals surface area contributed by atoms with Gasteiger partial charge in [0.05, 0.1) is 12.0 Å². The summed E-state index contributed by atoms with van der Waals surface area (Å²) in [5.41, 5.74) is 1.20. The molecule has 1 saturated heterocycles. The summed E-state index contributed by atoms with van der Waals surface area (Å²) in [5.74, 6) is 1.10. The van der Waals surface area contributed by atoms with Crippen molar-refractivity contribution in [1.82, 2.24) is 4.98 Å². The number of pyridine rings is 1. The smallest absolute Gasteiger partial charge is 0.157 e. The minimum Gasteiger partial charge on any atom is -0.463 e. The maximum atomic E-state index is 5.42. The van der Waals surface area contributed by atoms with Gasteiger partial charge in [-0.1, -0.05) is 6.07 Å². The minimum absolute atomic E-state index is 1.02. The van der Waals surface area contributed by atoms with E-state index in [1.54, 1.807) is 16.1 Å². The van der Waals surface area contributed by atoms with Gasteiger partial charge in [0.25, 0.3) is 0 Å². The number of hydrogen-bond acceptors (Lipinski definition) is 2. The molecular formula is C15H21N3O+2. The zero-order valence-corrected chi connectivity index (χ0v) is 11.1. The Morgan fingerprint density at radius 1 is 0.947 bits per heavy atom. The molecule has 19 heavy (non-hydrogen) atoms. The molecule has 3 heterocycles. The highest BCUT2D eigenvalue weighted by Crippen LogP contribution is 1.96. The van der Waals surface area contributed by atoms with Crippen molar-refractivity contribution < 1.29 is 14.2 Å². The van der Waals surface area contributed by atoms with E-state index < -0.39 is 0 Å². The van der Waals surface area contributed by atoms with Crippen molar-refractivity contribution >= 4 is 0 Å². The van der Waals surface area contributed by atoms with E-state index in [9.17, 15) is 0 Å². The van der Waals surface area contributed by atoms with Gasteiger partial charge in [-0.3, -0.25) is 4.98 Å². The third kappa shape index (κ3) is 3.43. The molecule has 0 bridgehead atoms. The first-order chi connectivity index (χ1) is 9.40. The molecule has 100 valence electrons. The third-order valence-corrected chi connectivity index (χ3v) is 3.83. The summed E-state index contributed by atoms with van der Waals surface area (Å²) < 4.78 is 5.42. The van der Waals surface area contributed by atoms with Crippen LogP contribution < -0.4 is 9.80 Å². The van der Waals surface area contributed by atoms with E-state index in [0.717, 1.165) is 18.8 Å². The number of nitrogens with one attached hydrogen (secondary N) is 2. The van der Waals surface area contributed by atoms with E-state index in [1.807, 2.05) is 18.3 Å². The Morgan fingerprint density at radius 2 is 1.74 bits per heavy atom. The van der Waals surface area contributed by atoms with E-state index in [2.05, 4.69) is 23.2 Å². The van der Waals surface area contributed by atoms with Crippen molar-refractivity contribution in [2.75, 3.05) is 26.2 Å². The Kier molecular flexibility index (Phi) is 3.91. The van der Waals surface area contributed by atoms with Crippen LogP contribution in [0.3, 0.4) is 0 Å². The van der Waals surface area contributed by atoms with Gasteiger partial charge in [0.15, 0.2) is 5.76 Å². The second-order valence-corrected chi connectivity index (χ2v) is 5.25. The highest BCUT2D eigenvalue weighted by molar-refractivity contribution is 5.01. The molecule has 2 aromatic rings. The molecule has 3 rings (SSSR count). The van der Waals surface area contributed by atoms with Crippen LogP contribution in [0.1, 0.15) is 11.5 Å². The molecular weight excluding hydrogens is 238 g/mol. The predicted octanol–water partition coefficient (Wildman–Crippen LogP) is -0.842. The first-order valence-corrected chi connectivity index (χ1v) is 6.99. The van der Waals surface area contributed by atoms with Crippen LogP contribution in [0.2, 0.25) is 0 Å². The maximum absolute atomic E-state index is 5.42. The van der Waals surface area contributed by atoms with E-state index in [4.69, 9.17) is 4.42 Å². The van der Waals surface area contributed by atoms with Crippen molar-refractivity contribution in [1.29, 1.82) is 0 Å². The summed E-state index contributed by atoms with van der Waals surface area (Å²) in [6.07, 6.45) is 3.64. The largest absolute Gasteiger partial charge is 0.463 e. The van der Waals surface area contributed by atoms with Crippen LogP contribution in [-0.2, 0) is 13.1 Å². The van der Waals surface area contributed by atoms with Gasteiger partial charge in [0, 0.05) is 6.20 Å². The Morgan fingerprint density at radius 3 is 2.37 bits per heavy atom. The lowest BCUT2D eigenvalue weighted by molar-refractivity contribution is -1.02. The lowest BCUT2D eigenvalue weighted by Crippen LogP contribution is -3.27. The summed E-state index contributed by atoms with van der Waals surface area (Å²) >= 11 is 0. The predicted molar refractivity (Wildman–Crippen MR) is 71.7 cm³/mol. The van der Waals surface area contributed by atoms with Crippen LogP contribution in [0.4, 0.5) is 0 Å². The quantitative estimate of drug-likeness (QED) is 0.751. The molecule has 0 aliphatic carbocycles. The lowest BCUT2D eigenvalue weighted by Gasteiger charge is -2.29. The fourth-order valence-electron chi connectivity index (χ4n) is 2.73. The highest BCUT2D eigenvalue weighted by Gasteiger charge is 2.23. The minimum atomic E-state index is 1.02. The van der Waals surface area contributed by atoms with Gasteiger partial charge >= 0.3 is 0 Å². The maximum Gasteiger partial charge on any atom is 0.157 e. The van der Waals surface area contributed by atoms with Gasteiger partial charge in [-0.2, -0.15) is 0 Å². The number of furan rings is 1. The van der Waals surface area contributed by atoms with Crippen molar-refractivity contribution in [3.8, 4) is 0 Å². The van der Waals surface area contributed by atoms with Gasteiger partial charge in [-0.15, -0.1) is 0 Å². The van der Waals surface area contributed by atoms with Crippen molar-refractivity contribution in [3.63, 3.8) is 0 Å². The zero-order chi connectivity index (χ0) is 12.9.